The van der Waals surface area contributed by atoms with Gasteiger partial charge in [-0.25, -0.2) is 0 Å². The molecular weight excluding hydrogens is 210 g/mol. The van der Waals surface area contributed by atoms with Gasteiger partial charge in [0.15, 0.2) is 0 Å². The van der Waals surface area contributed by atoms with Gasteiger partial charge in [0.1, 0.15) is 0 Å². The lowest BCUT2D eigenvalue weighted by Gasteiger charge is -2.42. The minimum Gasteiger partial charge on any atom is -0.375 e. The summed E-state index contributed by atoms with van der Waals surface area (Å²) in [7, 11) is 0. The third-order valence-electron chi connectivity index (χ3n) is 4.24. The summed E-state index contributed by atoms with van der Waals surface area (Å²) < 4.78 is 6.16. The molecule has 0 aliphatic carbocycles. The zero-order valence-electron chi connectivity index (χ0n) is 12.2. The normalized spacial score (nSPS) is 31.4. The quantitative estimate of drug-likeness (QED) is 0.733. The van der Waals surface area contributed by atoms with Crippen LogP contribution in [0.15, 0.2) is 0 Å². The van der Waals surface area contributed by atoms with Crippen molar-refractivity contribution >= 4 is 0 Å². The summed E-state index contributed by atoms with van der Waals surface area (Å²) in [6, 6.07) is 0.674. The summed E-state index contributed by atoms with van der Waals surface area (Å²) >= 11 is 0. The molecule has 102 valence electrons. The van der Waals surface area contributed by atoms with Crippen molar-refractivity contribution in [3.8, 4) is 0 Å². The topological polar surface area (TPSA) is 21.3 Å². The van der Waals surface area contributed by atoms with Gasteiger partial charge in [-0.05, 0) is 44.6 Å². The second-order valence-electron chi connectivity index (χ2n) is 5.75. The van der Waals surface area contributed by atoms with Crippen LogP contribution in [0.5, 0.6) is 0 Å². The van der Waals surface area contributed by atoms with Crippen LogP contribution in [0.25, 0.3) is 0 Å². The molecule has 3 unspecified atom stereocenters. The lowest BCUT2D eigenvalue weighted by molar-refractivity contribution is -0.103. The van der Waals surface area contributed by atoms with Crippen LogP contribution in [0.1, 0.15) is 66.2 Å². The Morgan fingerprint density at radius 3 is 2.71 bits per heavy atom. The standard InChI is InChI=1S/C15H31NO/c1-5-9-16-14-8-10-17-15(7-3,12-14)11-13(4)6-2/h13-14,16H,5-12H2,1-4H3. The molecule has 1 aliphatic rings. The molecule has 0 aromatic heterocycles. The van der Waals surface area contributed by atoms with Crippen LogP contribution in [0.3, 0.4) is 0 Å². The number of ether oxygens (including phenoxy) is 1. The van der Waals surface area contributed by atoms with E-state index in [0.717, 1.165) is 25.5 Å². The van der Waals surface area contributed by atoms with Crippen LogP contribution < -0.4 is 5.32 Å². The summed E-state index contributed by atoms with van der Waals surface area (Å²) in [5.41, 5.74) is 0.152. The van der Waals surface area contributed by atoms with E-state index in [9.17, 15) is 0 Å². The van der Waals surface area contributed by atoms with Gasteiger partial charge < -0.3 is 10.1 Å². The molecule has 1 heterocycles. The van der Waals surface area contributed by atoms with E-state index in [0.29, 0.717) is 6.04 Å². The molecule has 17 heavy (non-hydrogen) atoms. The SMILES string of the molecule is CCCNC1CCOC(CC)(CC(C)CC)C1. The summed E-state index contributed by atoms with van der Waals surface area (Å²) in [5.74, 6) is 0.778. The molecule has 1 rings (SSSR count). The van der Waals surface area contributed by atoms with Gasteiger partial charge in [-0.15, -0.1) is 0 Å². The maximum absolute atomic E-state index is 6.16. The predicted octanol–water partition coefficient (Wildman–Crippen LogP) is 3.75. The highest BCUT2D eigenvalue weighted by molar-refractivity contribution is 4.90. The van der Waals surface area contributed by atoms with Crippen molar-refractivity contribution in [2.45, 2.75) is 77.9 Å². The molecule has 0 amide bonds. The highest BCUT2D eigenvalue weighted by Gasteiger charge is 2.36. The number of rotatable bonds is 7. The Balaban J connectivity index is 2.52. The molecule has 1 N–H and O–H groups in total. The average Bonchev–Trinajstić information content (AvgIpc) is 2.36. The zero-order valence-corrected chi connectivity index (χ0v) is 12.2. The maximum atomic E-state index is 6.16. The van der Waals surface area contributed by atoms with Crippen molar-refractivity contribution in [2.24, 2.45) is 5.92 Å². The fourth-order valence-corrected chi connectivity index (χ4v) is 2.86. The lowest BCUT2D eigenvalue weighted by Crippen LogP contribution is -2.47. The molecule has 0 saturated carbocycles. The third-order valence-corrected chi connectivity index (χ3v) is 4.24. The Bertz CT molecular complexity index is 207. The first-order valence-electron chi connectivity index (χ1n) is 7.53. The first-order chi connectivity index (χ1) is 8.15. The first-order valence-corrected chi connectivity index (χ1v) is 7.53. The molecule has 3 atom stereocenters. The maximum Gasteiger partial charge on any atom is 0.0697 e. The van der Waals surface area contributed by atoms with Gasteiger partial charge in [0.25, 0.3) is 0 Å². The Hall–Kier alpha value is -0.0800. The van der Waals surface area contributed by atoms with Crippen LogP contribution in [0, 0.1) is 5.92 Å². The largest absolute Gasteiger partial charge is 0.375 e. The lowest BCUT2D eigenvalue weighted by atomic mass is 9.80. The average molecular weight is 241 g/mol. The number of hydrogen-bond acceptors (Lipinski definition) is 2. The molecule has 1 saturated heterocycles. The van der Waals surface area contributed by atoms with Crippen LogP contribution in [0.2, 0.25) is 0 Å². The Kier molecular flexibility index (Phi) is 6.50. The number of nitrogens with one attached hydrogen (secondary N) is 1. The third kappa shape index (κ3) is 4.59. The van der Waals surface area contributed by atoms with E-state index < -0.39 is 0 Å². The molecule has 0 radical (unpaired) electrons. The fraction of sp³-hybridized carbons (Fsp3) is 1.00. The molecule has 0 spiro atoms. The molecule has 2 nitrogen and oxygen atoms in total. The Morgan fingerprint density at radius 1 is 1.35 bits per heavy atom. The molecule has 1 fully saturated rings. The second-order valence-corrected chi connectivity index (χ2v) is 5.75. The van der Waals surface area contributed by atoms with Crippen LogP contribution in [0.4, 0.5) is 0 Å². The Labute approximate surface area is 108 Å². The van der Waals surface area contributed by atoms with Gasteiger partial charge in [-0.1, -0.05) is 34.1 Å². The van der Waals surface area contributed by atoms with E-state index >= 15 is 0 Å². The van der Waals surface area contributed by atoms with Gasteiger partial charge >= 0.3 is 0 Å². The molecule has 1 aliphatic heterocycles. The fourth-order valence-electron chi connectivity index (χ4n) is 2.86. The van der Waals surface area contributed by atoms with Crippen molar-refractivity contribution in [1.82, 2.24) is 5.32 Å². The monoisotopic (exact) mass is 241 g/mol. The first kappa shape index (κ1) is 15.0. The minimum atomic E-state index is 0.152. The van der Waals surface area contributed by atoms with E-state index in [2.05, 4.69) is 33.0 Å². The molecule has 0 aromatic carbocycles. The Morgan fingerprint density at radius 2 is 2.12 bits per heavy atom. The van der Waals surface area contributed by atoms with Crippen LogP contribution in [-0.4, -0.2) is 24.8 Å². The van der Waals surface area contributed by atoms with E-state index in [1.54, 1.807) is 0 Å². The summed E-state index contributed by atoms with van der Waals surface area (Å²) in [5, 5.41) is 3.67. The molecular formula is C15H31NO. The number of hydrogen-bond donors (Lipinski definition) is 1. The van der Waals surface area contributed by atoms with E-state index in [4.69, 9.17) is 4.74 Å². The minimum absolute atomic E-state index is 0.152. The highest BCUT2D eigenvalue weighted by Crippen LogP contribution is 2.35. The smallest absolute Gasteiger partial charge is 0.0697 e. The summed E-state index contributed by atoms with van der Waals surface area (Å²) in [4.78, 5) is 0. The van der Waals surface area contributed by atoms with E-state index in [-0.39, 0.29) is 5.60 Å². The second kappa shape index (κ2) is 7.38. The molecule has 2 heteroatoms. The van der Waals surface area contributed by atoms with Crippen molar-refractivity contribution in [3.05, 3.63) is 0 Å². The zero-order chi connectivity index (χ0) is 12.7. The highest BCUT2D eigenvalue weighted by atomic mass is 16.5. The van der Waals surface area contributed by atoms with Gasteiger partial charge in [0.05, 0.1) is 5.60 Å². The van der Waals surface area contributed by atoms with E-state index in [1.165, 1.54) is 32.1 Å². The molecule has 0 bridgehead atoms. The van der Waals surface area contributed by atoms with Gasteiger partial charge in [0, 0.05) is 12.6 Å². The van der Waals surface area contributed by atoms with Crippen molar-refractivity contribution < 1.29 is 4.74 Å². The van der Waals surface area contributed by atoms with Crippen LogP contribution >= 0.6 is 0 Å². The van der Waals surface area contributed by atoms with E-state index in [1.807, 2.05) is 0 Å². The van der Waals surface area contributed by atoms with Gasteiger partial charge in [-0.3, -0.25) is 0 Å². The molecule has 0 aromatic rings. The van der Waals surface area contributed by atoms with Gasteiger partial charge in [0.2, 0.25) is 0 Å². The summed E-state index contributed by atoms with van der Waals surface area (Å²) in [6.45, 7) is 11.2. The van der Waals surface area contributed by atoms with Gasteiger partial charge in [-0.2, -0.15) is 0 Å². The van der Waals surface area contributed by atoms with Crippen molar-refractivity contribution in [3.63, 3.8) is 0 Å². The van der Waals surface area contributed by atoms with Crippen molar-refractivity contribution in [2.75, 3.05) is 13.2 Å². The van der Waals surface area contributed by atoms with Crippen LogP contribution in [-0.2, 0) is 4.74 Å². The summed E-state index contributed by atoms with van der Waals surface area (Å²) in [6.07, 6.45) is 7.25. The van der Waals surface area contributed by atoms with Crippen molar-refractivity contribution in [1.29, 1.82) is 0 Å². The predicted molar refractivity (Wildman–Crippen MR) is 74.4 cm³/mol.